The van der Waals surface area contributed by atoms with Gasteiger partial charge in [0.1, 0.15) is 10.5 Å². The molecule has 22 heavy (non-hydrogen) atoms. The lowest BCUT2D eigenvalue weighted by molar-refractivity contribution is -0.124. The number of rotatable bonds is 4. The normalized spacial score (nSPS) is 19.9. The number of hydrogen-bond acceptors (Lipinski definition) is 3. The first-order chi connectivity index (χ1) is 10.3. The van der Waals surface area contributed by atoms with Crippen molar-refractivity contribution < 1.29 is 9.59 Å². The van der Waals surface area contributed by atoms with Crippen molar-refractivity contribution in [1.29, 1.82) is 0 Å². The van der Waals surface area contributed by atoms with Crippen molar-refractivity contribution >= 4 is 23.2 Å². The van der Waals surface area contributed by atoms with E-state index in [1.165, 1.54) is 0 Å². The van der Waals surface area contributed by atoms with E-state index in [1.54, 1.807) is 11.5 Å². The highest BCUT2D eigenvalue weighted by atomic mass is 32.1. The first kappa shape index (κ1) is 17.1. The van der Waals surface area contributed by atoms with Gasteiger partial charge in [-0.3, -0.25) is 13.5 Å². The van der Waals surface area contributed by atoms with E-state index in [1.807, 2.05) is 0 Å². The molecule has 1 amide bonds. The number of carbonyl (C=O) groups excluding carboxylic acids is 2. The van der Waals surface area contributed by atoms with Gasteiger partial charge in [0.05, 0.1) is 0 Å². The molecule has 0 bridgehead atoms. The Kier molecular flexibility index (Phi) is 5.37. The minimum Gasteiger partial charge on any atom is -0.300 e. The minimum absolute atomic E-state index is 0.00816. The number of carbonyl (C=O) groups is 2. The molecule has 0 aromatic carbocycles. The zero-order valence-electron chi connectivity index (χ0n) is 14.0. The van der Waals surface area contributed by atoms with Crippen molar-refractivity contribution in [1.82, 2.24) is 3.96 Å². The lowest BCUT2D eigenvalue weighted by Crippen LogP contribution is -2.18. The van der Waals surface area contributed by atoms with Crippen LogP contribution in [0.4, 0.5) is 0 Å². The minimum atomic E-state index is -0.197. The summed E-state index contributed by atoms with van der Waals surface area (Å²) in [7, 11) is 0. The molecule has 1 fully saturated rings. The van der Waals surface area contributed by atoms with Gasteiger partial charge in [-0.25, -0.2) is 4.99 Å². The van der Waals surface area contributed by atoms with Crippen molar-refractivity contribution in [3.63, 3.8) is 0 Å². The Morgan fingerprint density at radius 1 is 1.45 bits per heavy atom. The van der Waals surface area contributed by atoms with Crippen molar-refractivity contribution in [2.24, 2.45) is 10.9 Å². The summed E-state index contributed by atoms with van der Waals surface area (Å²) in [5, 5.41) is 0. The summed E-state index contributed by atoms with van der Waals surface area (Å²) in [6.45, 7) is 8.60. The van der Waals surface area contributed by atoms with Crippen LogP contribution in [-0.4, -0.2) is 15.6 Å². The van der Waals surface area contributed by atoms with Gasteiger partial charge >= 0.3 is 0 Å². The fraction of sp³-hybridized carbons (Fsp3) is 0.706. The molecule has 0 saturated heterocycles. The number of amides is 1. The number of aromatic nitrogens is 1. The Morgan fingerprint density at radius 3 is 2.73 bits per heavy atom. The molecule has 1 aliphatic rings. The van der Waals surface area contributed by atoms with E-state index < -0.39 is 0 Å². The maximum absolute atomic E-state index is 12.3. The van der Waals surface area contributed by atoms with Crippen LogP contribution in [0.2, 0.25) is 0 Å². The van der Waals surface area contributed by atoms with Crippen LogP contribution in [0.3, 0.4) is 0 Å². The summed E-state index contributed by atoms with van der Waals surface area (Å²) in [5.41, 5.74) is 1.14. The van der Waals surface area contributed by atoms with Gasteiger partial charge in [0, 0.05) is 36.1 Å². The predicted octanol–water partition coefficient (Wildman–Crippen LogP) is 3.44. The number of nitrogens with zero attached hydrogens (tertiary/aromatic N) is 2. The molecule has 1 aliphatic carbocycles. The molecule has 0 N–H and O–H groups in total. The average Bonchev–Trinajstić information content (AvgIpc) is 3.02. The summed E-state index contributed by atoms with van der Waals surface area (Å²) in [5.74, 6) is -0.126. The lowest BCUT2D eigenvalue weighted by atomic mass is 10.1. The third-order valence-corrected chi connectivity index (χ3v) is 5.38. The number of ketones is 1. The van der Waals surface area contributed by atoms with Crippen molar-refractivity contribution in [3.05, 3.63) is 16.4 Å². The van der Waals surface area contributed by atoms with Crippen molar-refractivity contribution in [3.8, 4) is 0 Å². The molecule has 2 rings (SSSR count). The molecule has 1 aromatic rings. The molecular formula is C17H26N2O2S. The van der Waals surface area contributed by atoms with Crippen LogP contribution >= 0.6 is 11.5 Å². The van der Waals surface area contributed by atoms with Crippen LogP contribution < -0.4 is 4.67 Å². The molecule has 1 saturated carbocycles. The van der Waals surface area contributed by atoms with E-state index in [2.05, 4.69) is 42.8 Å². The van der Waals surface area contributed by atoms with Gasteiger partial charge in [-0.15, -0.1) is 0 Å². The van der Waals surface area contributed by atoms with Gasteiger partial charge < -0.3 is 0 Å². The standard InChI is InChI=1S/C17H26N2O2S/c1-5-6-7-13-11-19(17(2,3)4)22-16(13)18-15(21)12-8-9-14(20)10-12/h11-12H,5-10H2,1-4H3/b18-16-. The number of unbranched alkanes of at least 4 members (excludes halogenated alkanes) is 1. The largest absolute Gasteiger partial charge is 0.300 e. The zero-order chi connectivity index (χ0) is 16.3. The number of Topliss-reactive ketones (excluding diaryl/α,β-unsaturated/α-hetero) is 1. The third kappa shape index (κ3) is 4.15. The molecule has 0 radical (unpaired) electrons. The first-order valence-electron chi connectivity index (χ1n) is 8.14. The molecule has 1 unspecified atom stereocenters. The maximum Gasteiger partial charge on any atom is 0.250 e. The molecule has 1 aromatic heterocycles. The Labute approximate surface area is 136 Å². The second-order valence-electron chi connectivity index (χ2n) is 7.08. The third-order valence-electron chi connectivity index (χ3n) is 4.00. The molecule has 0 spiro atoms. The molecule has 1 atom stereocenters. The van der Waals surface area contributed by atoms with Crippen LogP contribution in [0.15, 0.2) is 11.2 Å². The fourth-order valence-electron chi connectivity index (χ4n) is 2.55. The highest BCUT2D eigenvalue weighted by molar-refractivity contribution is 7.04. The Hall–Kier alpha value is -1.23. The Bertz CT molecular complexity index is 619. The van der Waals surface area contributed by atoms with Crippen LogP contribution in [-0.2, 0) is 21.5 Å². The molecule has 1 heterocycles. The van der Waals surface area contributed by atoms with E-state index in [0.717, 1.165) is 29.5 Å². The first-order valence-corrected chi connectivity index (χ1v) is 8.91. The Morgan fingerprint density at radius 2 is 2.18 bits per heavy atom. The summed E-state index contributed by atoms with van der Waals surface area (Å²) in [6.07, 6.45) is 6.86. The van der Waals surface area contributed by atoms with Crippen LogP contribution in [0, 0.1) is 5.92 Å². The van der Waals surface area contributed by atoms with Gasteiger partial charge in [0.2, 0.25) is 0 Å². The highest BCUT2D eigenvalue weighted by Crippen LogP contribution is 2.23. The van der Waals surface area contributed by atoms with Gasteiger partial charge in [0.25, 0.3) is 5.91 Å². The monoisotopic (exact) mass is 322 g/mol. The fourth-order valence-corrected chi connectivity index (χ4v) is 3.60. The molecule has 0 aliphatic heterocycles. The van der Waals surface area contributed by atoms with Crippen LogP contribution in [0.1, 0.15) is 65.4 Å². The highest BCUT2D eigenvalue weighted by Gasteiger charge is 2.28. The topological polar surface area (TPSA) is 51.4 Å². The maximum atomic E-state index is 12.3. The quantitative estimate of drug-likeness (QED) is 0.852. The zero-order valence-corrected chi connectivity index (χ0v) is 14.8. The van der Waals surface area contributed by atoms with E-state index in [0.29, 0.717) is 19.3 Å². The van der Waals surface area contributed by atoms with E-state index in [-0.39, 0.29) is 23.1 Å². The van der Waals surface area contributed by atoms with Crippen molar-refractivity contribution in [2.45, 2.75) is 71.8 Å². The van der Waals surface area contributed by atoms with E-state index in [4.69, 9.17) is 0 Å². The SMILES string of the molecule is CCCCc1cn(C(C)(C)C)s/c1=N\C(=O)C1CCC(=O)C1. The van der Waals surface area contributed by atoms with Crippen molar-refractivity contribution in [2.75, 3.05) is 0 Å². The predicted molar refractivity (Wildman–Crippen MR) is 88.8 cm³/mol. The molecule has 5 heteroatoms. The van der Waals surface area contributed by atoms with Crippen LogP contribution in [0.5, 0.6) is 0 Å². The van der Waals surface area contributed by atoms with Gasteiger partial charge in [-0.05, 0) is 51.6 Å². The number of hydrogen-bond donors (Lipinski definition) is 0. The summed E-state index contributed by atoms with van der Waals surface area (Å²) in [6, 6.07) is 0. The lowest BCUT2D eigenvalue weighted by Gasteiger charge is -2.19. The molecule has 122 valence electrons. The van der Waals surface area contributed by atoms with E-state index in [9.17, 15) is 9.59 Å². The van der Waals surface area contributed by atoms with Gasteiger partial charge in [-0.1, -0.05) is 13.3 Å². The Balaban J connectivity index is 2.30. The number of aryl methyl sites for hydroxylation is 1. The summed E-state index contributed by atoms with van der Waals surface area (Å²) < 4.78 is 3.00. The second-order valence-corrected chi connectivity index (χ2v) is 8.04. The molecule has 4 nitrogen and oxygen atoms in total. The van der Waals surface area contributed by atoms with E-state index >= 15 is 0 Å². The van der Waals surface area contributed by atoms with Gasteiger partial charge in [-0.2, -0.15) is 0 Å². The summed E-state index contributed by atoms with van der Waals surface area (Å²) in [4.78, 5) is 28.1. The average molecular weight is 322 g/mol. The smallest absolute Gasteiger partial charge is 0.250 e. The molecular weight excluding hydrogens is 296 g/mol. The van der Waals surface area contributed by atoms with Gasteiger partial charge in [0.15, 0.2) is 0 Å². The second kappa shape index (κ2) is 6.90. The van der Waals surface area contributed by atoms with Crippen LogP contribution in [0.25, 0.3) is 0 Å². The summed E-state index contributed by atoms with van der Waals surface area (Å²) >= 11 is 1.55.